The average Bonchev–Trinajstić information content (AvgIpc) is 2.88. The third-order valence-corrected chi connectivity index (χ3v) is 5.03. The minimum absolute atomic E-state index is 0.225. The summed E-state index contributed by atoms with van der Waals surface area (Å²) in [7, 11) is 0. The molecule has 1 N–H and O–H groups in total. The minimum Gasteiger partial charge on any atom is -0.314 e. The first kappa shape index (κ1) is 15.1. The number of hydrogen-bond acceptors (Lipinski definition) is 1. The van der Waals surface area contributed by atoms with Crippen LogP contribution in [0.2, 0.25) is 0 Å². The van der Waals surface area contributed by atoms with Crippen LogP contribution in [-0.2, 0) is 0 Å². The molecule has 2 rings (SSSR count). The van der Waals surface area contributed by atoms with Gasteiger partial charge in [0.1, 0.15) is 0 Å². The van der Waals surface area contributed by atoms with Crippen molar-refractivity contribution in [2.45, 2.75) is 70.5 Å². The average molecular weight is 277 g/mol. The topological polar surface area (TPSA) is 12.0 Å². The molecule has 2 fully saturated rings. The Morgan fingerprint density at radius 1 is 1.00 bits per heavy atom. The van der Waals surface area contributed by atoms with Crippen LogP contribution in [0.1, 0.15) is 58.3 Å². The predicted octanol–water partition coefficient (Wildman–Crippen LogP) is 4.52. The van der Waals surface area contributed by atoms with Gasteiger partial charge in [-0.1, -0.05) is 26.2 Å². The molecule has 2 saturated carbocycles. The Morgan fingerprint density at radius 3 is 2.21 bits per heavy atom. The third kappa shape index (κ3) is 3.87. The van der Waals surface area contributed by atoms with E-state index in [1.54, 1.807) is 0 Å². The van der Waals surface area contributed by atoms with Crippen molar-refractivity contribution in [1.82, 2.24) is 5.32 Å². The van der Waals surface area contributed by atoms with Gasteiger partial charge in [0.15, 0.2) is 0 Å². The van der Waals surface area contributed by atoms with Gasteiger partial charge >= 0.3 is 6.18 Å². The number of nitrogens with one attached hydrogen (secondary N) is 1. The van der Waals surface area contributed by atoms with Gasteiger partial charge in [-0.15, -0.1) is 0 Å². The number of alkyl halides is 3. The molecule has 0 spiro atoms. The van der Waals surface area contributed by atoms with Crippen molar-refractivity contribution in [2.24, 2.45) is 17.8 Å². The van der Waals surface area contributed by atoms with E-state index in [1.807, 2.05) is 0 Å². The molecule has 2 aliphatic rings. The van der Waals surface area contributed by atoms with Crippen molar-refractivity contribution in [3.63, 3.8) is 0 Å². The van der Waals surface area contributed by atoms with Gasteiger partial charge in [0.25, 0.3) is 0 Å². The SMILES string of the molecule is CCNC(C1CCCC1)C1CCCC(C(F)(F)F)C1. The Morgan fingerprint density at radius 2 is 1.63 bits per heavy atom. The monoisotopic (exact) mass is 277 g/mol. The molecule has 19 heavy (non-hydrogen) atoms. The highest BCUT2D eigenvalue weighted by Gasteiger charge is 2.44. The maximum absolute atomic E-state index is 12.9. The Kier molecular flexibility index (Phi) is 5.15. The van der Waals surface area contributed by atoms with Gasteiger partial charge in [0.05, 0.1) is 5.92 Å². The van der Waals surface area contributed by atoms with Crippen molar-refractivity contribution in [2.75, 3.05) is 6.54 Å². The van der Waals surface area contributed by atoms with E-state index in [9.17, 15) is 13.2 Å². The van der Waals surface area contributed by atoms with Crippen molar-refractivity contribution >= 4 is 0 Å². The minimum atomic E-state index is -3.99. The van der Waals surface area contributed by atoms with E-state index < -0.39 is 12.1 Å². The first-order valence-corrected chi connectivity index (χ1v) is 7.82. The van der Waals surface area contributed by atoms with Crippen LogP contribution >= 0.6 is 0 Å². The van der Waals surface area contributed by atoms with Crippen LogP contribution in [0.3, 0.4) is 0 Å². The molecule has 0 bridgehead atoms. The van der Waals surface area contributed by atoms with Gasteiger partial charge in [0, 0.05) is 6.04 Å². The van der Waals surface area contributed by atoms with Crippen molar-refractivity contribution in [1.29, 1.82) is 0 Å². The van der Waals surface area contributed by atoms with E-state index in [4.69, 9.17) is 0 Å². The molecule has 0 aromatic carbocycles. The molecule has 2 aliphatic carbocycles. The number of halogens is 3. The molecule has 4 heteroatoms. The summed E-state index contributed by atoms with van der Waals surface area (Å²) < 4.78 is 38.8. The molecular weight excluding hydrogens is 251 g/mol. The van der Waals surface area contributed by atoms with E-state index in [-0.39, 0.29) is 5.92 Å². The highest BCUT2D eigenvalue weighted by atomic mass is 19.4. The summed E-state index contributed by atoms with van der Waals surface area (Å²) in [5.74, 6) is -0.228. The molecule has 1 nitrogen and oxygen atoms in total. The molecule has 0 aliphatic heterocycles. The van der Waals surface area contributed by atoms with Gasteiger partial charge in [-0.05, 0) is 50.5 Å². The molecule has 0 saturated heterocycles. The zero-order valence-corrected chi connectivity index (χ0v) is 11.8. The molecule has 0 amide bonds. The van der Waals surface area contributed by atoms with Gasteiger partial charge in [-0.25, -0.2) is 0 Å². The summed E-state index contributed by atoms with van der Waals surface area (Å²) in [6.07, 6.45) is 3.30. The molecule has 0 aromatic heterocycles. The summed E-state index contributed by atoms with van der Waals surface area (Å²) in [6.45, 7) is 2.93. The first-order chi connectivity index (χ1) is 9.02. The van der Waals surface area contributed by atoms with Crippen LogP contribution in [0.15, 0.2) is 0 Å². The summed E-state index contributed by atoms with van der Waals surface area (Å²) >= 11 is 0. The van der Waals surface area contributed by atoms with E-state index in [0.717, 1.165) is 19.4 Å². The van der Waals surface area contributed by atoms with Gasteiger partial charge in [-0.3, -0.25) is 0 Å². The molecule has 0 radical (unpaired) electrons. The molecule has 0 heterocycles. The van der Waals surface area contributed by atoms with Crippen molar-refractivity contribution in [3.05, 3.63) is 0 Å². The molecule has 0 aromatic rings. The van der Waals surface area contributed by atoms with E-state index >= 15 is 0 Å². The highest BCUT2D eigenvalue weighted by molar-refractivity contribution is 4.90. The maximum Gasteiger partial charge on any atom is 0.391 e. The van der Waals surface area contributed by atoms with Crippen LogP contribution < -0.4 is 5.32 Å². The van der Waals surface area contributed by atoms with Crippen LogP contribution in [0, 0.1) is 17.8 Å². The predicted molar refractivity (Wildman–Crippen MR) is 70.9 cm³/mol. The standard InChI is InChI=1S/C15H26F3N/c1-2-19-14(11-6-3-4-7-11)12-8-5-9-13(10-12)15(16,17)18/h11-14,19H,2-10H2,1H3. The Labute approximate surface area is 114 Å². The van der Waals surface area contributed by atoms with E-state index in [2.05, 4.69) is 12.2 Å². The lowest BCUT2D eigenvalue weighted by molar-refractivity contribution is -0.187. The second kappa shape index (κ2) is 6.47. The fourth-order valence-electron chi connectivity index (χ4n) is 4.12. The van der Waals surface area contributed by atoms with Crippen molar-refractivity contribution < 1.29 is 13.2 Å². The van der Waals surface area contributed by atoms with Gasteiger partial charge in [-0.2, -0.15) is 13.2 Å². The second-order valence-corrected chi connectivity index (χ2v) is 6.29. The lowest BCUT2D eigenvalue weighted by atomic mass is 9.73. The quantitative estimate of drug-likeness (QED) is 0.796. The van der Waals surface area contributed by atoms with Crippen LogP contribution in [0.5, 0.6) is 0 Å². The zero-order chi connectivity index (χ0) is 13.9. The molecule has 3 atom stereocenters. The summed E-state index contributed by atoms with van der Waals surface area (Å²) in [5, 5.41) is 3.50. The van der Waals surface area contributed by atoms with Gasteiger partial charge < -0.3 is 5.32 Å². The normalized spacial score (nSPS) is 31.6. The number of hydrogen-bond donors (Lipinski definition) is 1. The van der Waals surface area contributed by atoms with Gasteiger partial charge in [0.2, 0.25) is 0 Å². The molecular formula is C15H26F3N. The van der Waals surface area contributed by atoms with Crippen LogP contribution in [0.4, 0.5) is 13.2 Å². The lowest BCUT2D eigenvalue weighted by Crippen LogP contribution is -2.44. The Balaban J connectivity index is 1.99. The summed E-state index contributed by atoms with van der Waals surface area (Å²) in [4.78, 5) is 0. The fourth-order valence-corrected chi connectivity index (χ4v) is 4.12. The molecule has 112 valence electrons. The zero-order valence-electron chi connectivity index (χ0n) is 11.8. The smallest absolute Gasteiger partial charge is 0.314 e. The lowest BCUT2D eigenvalue weighted by Gasteiger charge is -2.38. The van der Waals surface area contributed by atoms with Crippen molar-refractivity contribution in [3.8, 4) is 0 Å². The Hall–Kier alpha value is -0.250. The van der Waals surface area contributed by atoms with E-state index in [0.29, 0.717) is 24.8 Å². The fraction of sp³-hybridized carbons (Fsp3) is 1.00. The molecule has 3 unspecified atom stereocenters. The first-order valence-electron chi connectivity index (χ1n) is 7.82. The second-order valence-electron chi connectivity index (χ2n) is 6.29. The number of rotatable bonds is 4. The highest BCUT2D eigenvalue weighted by Crippen LogP contribution is 2.43. The third-order valence-electron chi connectivity index (χ3n) is 5.03. The largest absolute Gasteiger partial charge is 0.391 e. The van der Waals surface area contributed by atoms with E-state index in [1.165, 1.54) is 25.7 Å². The van der Waals surface area contributed by atoms with Crippen LogP contribution in [-0.4, -0.2) is 18.8 Å². The maximum atomic E-state index is 12.9. The Bertz CT molecular complexity index is 271. The van der Waals surface area contributed by atoms with Crippen LogP contribution in [0.25, 0.3) is 0 Å². The summed E-state index contributed by atoms with van der Waals surface area (Å²) in [6, 6.07) is 0.317. The summed E-state index contributed by atoms with van der Waals surface area (Å²) in [5.41, 5.74) is 0.